The number of pyridine rings is 1. The third-order valence-electron chi connectivity index (χ3n) is 5.41. The fourth-order valence-electron chi connectivity index (χ4n) is 3.56. The molecule has 27 heavy (non-hydrogen) atoms. The van der Waals surface area contributed by atoms with E-state index in [2.05, 4.69) is 10.3 Å². The van der Waals surface area contributed by atoms with Gasteiger partial charge in [0, 0.05) is 30.9 Å². The second-order valence-corrected chi connectivity index (χ2v) is 7.91. The second-order valence-electron chi connectivity index (χ2n) is 7.91. The zero-order valence-electron chi connectivity index (χ0n) is 16.4. The van der Waals surface area contributed by atoms with Gasteiger partial charge in [-0.2, -0.15) is 0 Å². The molecule has 0 aromatic carbocycles. The first-order chi connectivity index (χ1) is 12.8. The van der Waals surface area contributed by atoms with Gasteiger partial charge in [-0.05, 0) is 64.0 Å². The van der Waals surface area contributed by atoms with Crippen LogP contribution in [0.15, 0.2) is 23.8 Å². The molecule has 2 N–H and O–H groups in total. The average Bonchev–Trinajstić information content (AvgIpc) is 3.45. The maximum absolute atomic E-state index is 12.6. The maximum atomic E-state index is 12.6. The van der Waals surface area contributed by atoms with Crippen LogP contribution in [-0.2, 0) is 4.79 Å². The van der Waals surface area contributed by atoms with E-state index in [0.29, 0.717) is 37.5 Å². The zero-order valence-corrected chi connectivity index (χ0v) is 16.4. The van der Waals surface area contributed by atoms with E-state index in [1.165, 1.54) is 12.8 Å². The molecule has 1 saturated heterocycles. The van der Waals surface area contributed by atoms with Crippen molar-refractivity contribution in [3.8, 4) is 0 Å². The van der Waals surface area contributed by atoms with Gasteiger partial charge in [0.05, 0.1) is 6.10 Å². The quantitative estimate of drug-likeness (QED) is 0.795. The average molecular weight is 371 g/mol. The van der Waals surface area contributed by atoms with Gasteiger partial charge in [0.1, 0.15) is 5.69 Å². The predicted molar refractivity (Wildman–Crippen MR) is 103 cm³/mol. The fourth-order valence-corrected chi connectivity index (χ4v) is 3.56. The normalized spacial score (nSPS) is 23.7. The van der Waals surface area contributed by atoms with E-state index in [1.807, 2.05) is 32.9 Å². The fraction of sp³-hybridized carbons (Fsp3) is 0.571. The Morgan fingerprint density at radius 1 is 1.26 bits per heavy atom. The molecular weight excluding hydrogens is 342 g/mol. The van der Waals surface area contributed by atoms with Gasteiger partial charge >= 0.3 is 0 Å². The molecule has 1 aromatic heterocycles. The Hall–Kier alpha value is -2.21. The number of allylic oxidation sites excluding steroid dienone is 1. The number of likely N-dealkylation sites (tertiary alicyclic amines) is 1. The molecule has 2 fully saturated rings. The van der Waals surface area contributed by atoms with Crippen molar-refractivity contribution >= 4 is 11.8 Å². The van der Waals surface area contributed by atoms with Gasteiger partial charge < -0.3 is 15.3 Å². The van der Waals surface area contributed by atoms with E-state index in [0.717, 1.165) is 16.8 Å². The van der Waals surface area contributed by atoms with Gasteiger partial charge in [-0.15, -0.1) is 0 Å². The van der Waals surface area contributed by atoms with Gasteiger partial charge in [-0.1, -0.05) is 11.6 Å². The summed E-state index contributed by atoms with van der Waals surface area (Å²) in [5.41, 5.74) is 3.17. The molecule has 2 heterocycles. The molecule has 0 spiro atoms. The molecule has 2 aliphatic rings. The van der Waals surface area contributed by atoms with Crippen molar-refractivity contribution < 1.29 is 14.7 Å². The minimum atomic E-state index is -0.650. The van der Waals surface area contributed by atoms with Crippen LogP contribution in [0.5, 0.6) is 0 Å². The first-order valence-corrected chi connectivity index (χ1v) is 9.73. The summed E-state index contributed by atoms with van der Waals surface area (Å²) in [6.45, 7) is 6.55. The summed E-state index contributed by atoms with van der Waals surface area (Å²) in [5.74, 6) is 0.294. The lowest BCUT2D eigenvalue weighted by atomic mass is 10.1. The Labute approximate surface area is 160 Å². The van der Waals surface area contributed by atoms with Gasteiger partial charge in [0.15, 0.2) is 0 Å². The highest BCUT2D eigenvalue weighted by atomic mass is 16.3. The largest absolute Gasteiger partial charge is 0.391 e. The highest BCUT2D eigenvalue weighted by Gasteiger charge is 2.28. The summed E-state index contributed by atoms with van der Waals surface area (Å²) in [5, 5.41) is 13.3. The maximum Gasteiger partial charge on any atom is 0.270 e. The molecule has 3 rings (SSSR count). The summed E-state index contributed by atoms with van der Waals surface area (Å²) in [6, 6.07) is 3.58. The number of aliphatic hydroxyl groups is 1. The van der Waals surface area contributed by atoms with Crippen molar-refractivity contribution in [2.45, 2.75) is 58.6 Å². The third-order valence-corrected chi connectivity index (χ3v) is 5.41. The summed E-state index contributed by atoms with van der Waals surface area (Å²) in [4.78, 5) is 31.1. The van der Waals surface area contributed by atoms with E-state index >= 15 is 0 Å². The van der Waals surface area contributed by atoms with Gasteiger partial charge in [0.2, 0.25) is 5.91 Å². The van der Waals surface area contributed by atoms with Crippen LogP contribution < -0.4 is 5.32 Å². The lowest BCUT2D eigenvalue weighted by molar-refractivity contribution is -0.127. The van der Waals surface area contributed by atoms with Gasteiger partial charge in [-0.25, -0.2) is 4.98 Å². The smallest absolute Gasteiger partial charge is 0.270 e. The monoisotopic (exact) mass is 371 g/mol. The SMILES string of the molecule is C/C(=C\C(=O)N1CC[C@H](NC(=O)c2nc(C)ccc2C)C[C@H](O)C1)C1CC1. The van der Waals surface area contributed by atoms with Crippen molar-refractivity contribution in [1.82, 2.24) is 15.2 Å². The lowest BCUT2D eigenvalue weighted by Gasteiger charge is -2.20. The van der Waals surface area contributed by atoms with E-state index in [-0.39, 0.29) is 17.9 Å². The first-order valence-electron chi connectivity index (χ1n) is 9.73. The molecule has 146 valence electrons. The number of nitrogens with one attached hydrogen (secondary N) is 1. The minimum Gasteiger partial charge on any atom is -0.391 e. The summed E-state index contributed by atoms with van der Waals surface area (Å²) >= 11 is 0. The highest BCUT2D eigenvalue weighted by molar-refractivity contribution is 5.94. The number of carbonyl (C=O) groups excluding carboxylic acids is 2. The minimum absolute atomic E-state index is 0.0402. The number of aryl methyl sites for hydroxylation is 2. The van der Waals surface area contributed by atoms with Gasteiger partial charge in [-0.3, -0.25) is 9.59 Å². The van der Waals surface area contributed by atoms with Gasteiger partial charge in [0.25, 0.3) is 5.91 Å². The van der Waals surface area contributed by atoms with Crippen LogP contribution in [0.3, 0.4) is 0 Å². The van der Waals surface area contributed by atoms with E-state index in [4.69, 9.17) is 0 Å². The van der Waals surface area contributed by atoms with Crippen LogP contribution >= 0.6 is 0 Å². The molecule has 0 radical (unpaired) electrons. The van der Waals surface area contributed by atoms with E-state index in [9.17, 15) is 14.7 Å². The lowest BCUT2D eigenvalue weighted by Crippen LogP contribution is -2.38. The number of hydrogen-bond donors (Lipinski definition) is 2. The highest BCUT2D eigenvalue weighted by Crippen LogP contribution is 2.36. The Kier molecular flexibility index (Phi) is 5.95. The molecule has 0 bridgehead atoms. The number of hydrogen-bond acceptors (Lipinski definition) is 4. The second kappa shape index (κ2) is 8.21. The topological polar surface area (TPSA) is 82.5 Å². The summed E-state index contributed by atoms with van der Waals surface area (Å²) in [7, 11) is 0. The standard InChI is InChI=1S/C21H29N3O3/c1-13-4-5-15(3)22-20(13)21(27)23-17-8-9-24(12-18(25)11-17)19(26)10-14(2)16-6-7-16/h4-5,10,16-18,25H,6-9,11-12H2,1-3H3,(H,23,27)/b14-10+/t17-,18-/m0/s1. The van der Waals surface area contributed by atoms with Crippen LogP contribution in [0.1, 0.15) is 54.4 Å². The molecule has 6 nitrogen and oxygen atoms in total. The van der Waals surface area contributed by atoms with Crippen molar-refractivity contribution in [3.63, 3.8) is 0 Å². The molecule has 1 aliphatic carbocycles. The molecule has 2 amide bonds. The number of nitrogens with zero attached hydrogens (tertiary/aromatic N) is 2. The molecular formula is C21H29N3O3. The number of aromatic nitrogens is 1. The Morgan fingerprint density at radius 3 is 2.70 bits per heavy atom. The summed E-state index contributed by atoms with van der Waals surface area (Å²) in [6.07, 6.45) is 4.45. The van der Waals surface area contributed by atoms with Crippen molar-refractivity contribution in [2.24, 2.45) is 5.92 Å². The molecule has 6 heteroatoms. The van der Waals surface area contributed by atoms with Crippen LogP contribution in [0, 0.1) is 19.8 Å². The van der Waals surface area contributed by atoms with Crippen LogP contribution in [-0.4, -0.2) is 52.0 Å². The Balaban J connectivity index is 1.62. The molecule has 2 atom stereocenters. The van der Waals surface area contributed by atoms with Crippen LogP contribution in [0.4, 0.5) is 0 Å². The number of amides is 2. The number of aliphatic hydroxyl groups excluding tert-OH is 1. The van der Waals surface area contributed by atoms with Crippen molar-refractivity contribution in [1.29, 1.82) is 0 Å². The van der Waals surface area contributed by atoms with E-state index in [1.54, 1.807) is 11.0 Å². The third kappa shape index (κ3) is 5.16. The Bertz CT molecular complexity index is 755. The zero-order chi connectivity index (χ0) is 19.6. The molecule has 1 aromatic rings. The molecule has 1 aliphatic heterocycles. The van der Waals surface area contributed by atoms with Crippen molar-refractivity contribution in [2.75, 3.05) is 13.1 Å². The van der Waals surface area contributed by atoms with Crippen LogP contribution in [0.2, 0.25) is 0 Å². The first kappa shape index (κ1) is 19.5. The number of β-amino-alcohol motifs (C(OH)–C–C–N with tert-alkyl or cyclic N) is 1. The molecule has 0 unspecified atom stereocenters. The van der Waals surface area contributed by atoms with Crippen LogP contribution in [0.25, 0.3) is 0 Å². The Morgan fingerprint density at radius 2 is 2.00 bits per heavy atom. The number of carbonyl (C=O) groups is 2. The van der Waals surface area contributed by atoms with E-state index < -0.39 is 6.10 Å². The predicted octanol–water partition coefficient (Wildman–Crippen LogP) is 2.14. The number of rotatable bonds is 4. The summed E-state index contributed by atoms with van der Waals surface area (Å²) < 4.78 is 0. The molecule has 1 saturated carbocycles. The van der Waals surface area contributed by atoms with Crippen molar-refractivity contribution in [3.05, 3.63) is 40.7 Å².